The summed E-state index contributed by atoms with van der Waals surface area (Å²) in [6.07, 6.45) is 0. The lowest BCUT2D eigenvalue weighted by Gasteiger charge is -2.35. The van der Waals surface area contributed by atoms with Crippen LogP contribution in [0.5, 0.6) is 0 Å². The fourth-order valence-electron chi connectivity index (χ4n) is 13.3. The number of nitrogens with zero attached hydrogens (tertiary/aromatic N) is 4. The molecule has 14 rings (SSSR count). The number of benzene rings is 9. The van der Waals surface area contributed by atoms with Crippen molar-refractivity contribution in [3.63, 3.8) is 0 Å². The van der Waals surface area contributed by atoms with Crippen molar-refractivity contribution in [1.82, 2.24) is 19.1 Å². The van der Waals surface area contributed by atoms with Gasteiger partial charge in [-0.1, -0.05) is 241 Å². The summed E-state index contributed by atoms with van der Waals surface area (Å²) in [7, 11) is 0. The number of aromatic nitrogens is 4. The van der Waals surface area contributed by atoms with Gasteiger partial charge in [0.1, 0.15) is 0 Å². The molecule has 5 heteroatoms. The van der Waals surface area contributed by atoms with E-state index in [0.717, 1.165) is 28.1 Å². The Hall–Kier alpha value is -8.28. The van der Waals surface area contributed by atoms with Crippen LogP contribution in [0.1, 0.15) is 105 Å². The topological polar surface area (TPSA) is 35.6 Å². The molecule has 0 radical (unpaired) electrons. The maximum absolute atomic E-state index is 5.61. The van der Waals surface area contributed by atoms with Gasteiger partial charge in [-0.05, 0) is 113 Å². The van der Waals surface area contributed by atoms with Crippen molar-refractivity contribution in [3.05, 3.63) is 210 Å². The summed E-state index contributed by atoms with van der Waals surface area (Å²) < 4.78 is 5.39. The van der Waals surface area contributed by atoms with Gasteiger partial charge in [0, 0.05) is 49.6 Å². The summed E-state index contributed by atoms with van der Waals surface area (Å²) in [4.78, 5) is 10.9. The molecule has 0 unspecified atom stereocenters. The molecule has 0 saturated carbocycles. The maximum atomic E-state index is 5.61. The van der Waals surface area contributed by atoms with E-state index in [0.29, 0.717) is 5.82 Å². The van der Waals surface area contributed by atoms with Gasteiger partial charge in [0.15, 0.2) is 5.82 Å². The number of rotatable bonds is 5. The molecule has 3 aromatic heterocycles. The van der Waals surface area contributed by atoms with Crippen molar-refractivity contribution < 1.29 is 0 Å². The summed E-state index contributed by atoms with van der Waals surface area (Å²) in [5.74, 6) is 0.703. The zero-order chi connectivity index (χ0) is 54.7. The Morgan fingerprint density at radius 3 is 1.11 bits per heavy atom. The van der Waals surface area contributed by atoms with E-state index in [1.165, 1.54) is 116 Å². The predicted octanol–water partition coefficient (Wildman–Crippen LogP) is 17.3. The van der Waals surface area contributed by atoms with Gasteiger partial charge in [-0.2, -0.15) is 0 Å². The third-order valence-electron chi connectivity index (χ3n) is 17.3. The second kappa shape index (κ2) is 17.1. The van der Waals surface area contributed by atoms with Gasteiger partial charge in [-0.25, -0.2) is 9.97 Å². The Bertz CT molecular complexity index is 4200. The average molecular weight is 1020 g/mol. The molecule has 0 spiro atoms. The van der Waals surface area contributed by atoms with E-state index in [1.54, 1.807) is 0 Å². The Morgan fingerprint density at radius 2 is 0.722 bits per heavy atom. The number of fused-ring (bicyclic) bond motifs is 10. The largest absolute Gasteiger partial charge is 0.310 e. The fraction of sp³-hybridized carbons (Fsp3) is 0.216. The summed E-state index contributed by atoms with van der Waals surface area (Å²) >= 11 is 0. The molecular weight excluding hydrogens is 956 g/mol. The van der Waals surface area contributed by atoms with Crippen LogP contribution in [0.2, 0.25) is 0 Å². The van der Waals surface area contributed by atoms with Crippen LogP contribution in [0.3, 0.4) is 0 Å². The Labute approximate surface area is 465 Å². The van der Waals surface area contributed by atoms with Crippen molar-refractivity contribution in [2.75, 3.05) is 0 Å². The van der Waals surface area contributed by atoms with Crippen molar-refractivity contribution in [1.29, 1.82) is 0 Å². The molecule has 0 bridgehead atoms. The molecule has 9 aromatic carbocycles. The lowest BCUT2D eigenvalue weighted by atomic mass is 9.34. The van der Waals surface area contributed by atoms with Crippen molar-refractivity contribution in [2.24, 2.45) is 0 Å². The zero-order valence-corrected chi connectivity index (χ0v) is 47.8. The van der Waals surface area contributed by atoms with Gasteiger partial charge in [0.2, 0.25) is 0 Å². The van der Waals surface area contributed by atoms with Gasteiger partial charge < -0.3 is 9.13 Å². The van der Waals surface area contributed by atoms with Gasteiger partial charge in [-0.3, -0.25) is 0 Å². The highest BCUT2D eigenvalue weighted by atomic mass is 15.0. The van der Waals surface area contributed by atoms with E-state index in [4.69, 9.17) is 9.97 Å². The van der Waals surface area contributed by atoms with Gasteiger partial charge in [0.25, 0.3) is 6.71 Å². The van der Waals surface area contributed by atoms with Gasteiger partial charge in [-0.15, -0.1) is 0 Å². The standard InChI is InChI=1S/C74H67BN4/c1-71(2,3)49-39-53(73(7,8)9)65-59(41-49)78-61-37-48(58-43-57(46-29-21-15-22-30-46)76-70(77-58)47-31-23-16-24-32-47)38-62-67(61)75(55-35-33-51(63(65)68(55)78)44-25-17-13-18-26-44)56-36-34-52(45-27-19-14-20-28-45)64-66-54(74(10,11)12)40-50(72(4,5)6)42-60(66)79(62)69(56)64/h13-43H,1-12H3. The van der Waals surface area contributed by atoms with Crippen LogP contribution in [0.15, 0.2) is 188 Å². The highest BCUT2D eigenvalue weighted by molar-refractivity contribution is 7.00. The minimum Gasteiger partial charge on any atom is -0.310 e. The molecule has 386 valence electrons. The predicted molar refractivity (Wildman–Crippen MR) is 337 cm³/mol. The molecule has 5 heterocycles. The second-order valence-electron chi connectivity index (χ2n) is 26.6. The van der Waals surface area contributed by atoms with Crippen molar-refractivity contribution >= 4 is 66.7 Å². The monoisotopic (exact) mass is 1020 g/mol. The minimum absolute atomic E-state index is 0.0853. The van der Waals surface area contributed by atoms with Crippen LogP contribution in [-0.4, -0.2) is 25.8 Å². The normalized spacial score (nSPS) is 13.3. The lowest BCUT2D eigenvalue weighted by molar-refractivity contribution is 0.572. The minimum atomic E-state index is -0.172. The van der Waals surface area contributed by atoms with E-state index in [1.807, 2.05) is 0 Å². The lowest BCUT2D eigenvalue weighted by Crippen LogP contribution is -2.59. The van der Waals surface area contributed by atoms with Crippen LogP contribution in [0.25, 0.3) is 111 Å². The highest BCUT2D eigenvalue weighted by Crippen LogP contribution is 2.50. The molecule has 0 fully saturated rings. The van der Waals surface area contributed by atoms with Crippen LogP contribution >= 0.6 is 0 Å². The Balaban J connectivity index is 1.23. The Kier molecular flexibility index (Phi) is 10.6. The van der Waals surface area contributed by atoms with Crippen LogP contribution in [0.4, 0.5) is 0 Å². The van der Waals surface area contributed by atoms with Crippen LogP contribution in [-0.2, 0) is 21.7 Å². The summed E-state index contributed by atoms with van der Waals surface area (Å²) in [5, 5.41) is 5.28. The quantitative estimate of drug-likeness (QED) is 0.161. The second-order valence-corrected chi connectivity index (χ2v) is 26.6. The summed E-state index contributed by atoms with van der Waals surface area (Å²) in [6, 6.07) is 70.5. The first-order valence-electron chi connectivity index (χ1n) is 28.4. The average Bonchev–Trinajstić information content (AvgIpc) is 2.29. The fourth-order valence-corrected chi connectivity index (χ4v) is 13.3. The molecule has 0 aliphatic carbocycles. The third-order valence-corrected chi connectivity index (χ3v) is 17.3. The molecule has 4 nitrogen and oxygen atoms in total. The van der Waals surface area contributed by atoms with Crippen LogP contribution in [0, 0.1) is 0 Å². The van der Waals surface area contributed by atoms with E-state index in [2.05, 4.69) is 280 Å². The first-order chi connectivity index (χ1) is 37.7. The first kappa shape index (κ1) is 49.1. The number of hydrogen-bond acceptors (Lipinski definition) is 2. The molecule has 0 saturated heterocycles. The number of hydrogen-bond donors (Lipinski definition) is 0. The first-order valence-corrected chi connectivity index (χ1v) is 28.4. The van der Waals surface area contributed by atoms with Gasteiger partial charge >= 0.3 is 0 Å². The molecule has 0 atom stereocenters. The molecule has 79 heavy (non-hydrogen) atoms. The summed E-state index contributed by atoms with van der Waals surface area (Å²) in [6.45, 7) is 28.5. The SMILES string of the molecule is CC(C)(C)c1cc(C(C)(C)C)c2c3c(-c4ccccc4)ccc4c3n(c2c1)-c1cc(-c2cc(-c3ccccc3)nc(-c3ccccc3)n2)cc2c1B4c1ccc(-c3ccccc3)c3c4c(C(C)(C)C)cc(C(C)(C)C)cc4n-2c13. The molecule has 0 N–H and O–H groups in total. The van der Waals surface area contributed by atoms with E-state index in [-0.39, 0.29) is 28.4 Å². The van der Waals surface area contributed by atoms with E-state index < -0.39 is 0 Å². The van der Waals surface area contributed by atoms with Crippen molar-refractivity contribution in [3.8, 4) is 67.5 Å². The zero-order valence-electron chi connectivity index (χ0n) is 47.8. The van der Waals surface area contributed by atoms with Gasteiger partial charge in [0.05, 0.1) is 33.5 Å². The third kappa shape index (κ3) is 7.56. The van der Waals surface area contributed by atoms with E-state index >= 15 is 0 Å². The van der Waals surface area contributed by atoms with E-state index in [9.17, 15) is 0 Å². The smallest absolute Gasteiger partial charge is 0.252 e. The molecular formula is C74H67BN4. The molecule has 2 aliphatic rings. The summed E-state index contributed by atoms with van der Waals surface area (Å²) in [5.41, 5.74) is 26.0. The molecule has 2 aliphatic heterocycles. The highest BCUT2D eigenvalue weighted by Gasteiger charge is 2.44. The van der Waals surface area contributed by atoms with Crippen molar-refractivity contribution in [2.45, 2.75) is 105 Å². The maximum Gasteiger partial charge on any atom is 0.252 e. The van der Waals surface area contributed by atoms with Crippen LogP contribution < -0.4 is 16.4 Å². The Morgan fingerprint density at radius 1 is 0.342 bits per heavy atom. The molecule has 12 aromatic rings. The molecule has 0 amide bonds.